The molecule has 1 amide bonds. The number of hydrogen-bond acceptors (Lipinski definition) is 6. The summed E-state index contributed by atoms with van der Waals surface area (Å²) in [6, 6.07) is 7.92. The van der Waals surface area contributed by atoms with Gasteiger partial charge in [-0.3, -0.25) is 4.79 Å². The van der Waals surface area contributed by atoms with E-state index in [9.17, 15) is 9.59 Å². The molecule has 0 saturated carbocycles. The van der Waals surface area contributed by atoms with Crippen LogP contribution in [0.15, 0.2) is 36.5 Å². The first-order chi connectivity index (χ1) is 10.2. The quantitative estimate of drug-likeness (QED) is 0.721. The molecule has 0 fully saturated rings. The van der Waals surface area contributed by atoms with Crippen LogP contribution in [0.2, 0.25) is 0 Å². The maximum absolute atomic E-state index is 11.9. The molecule has 110 valence electrons. The molecule has 1 atom stereocenters. The number of nitrogens with one attached hydrogen (secondary N) is 1. The molecule has 8 heteroatoms. The minimum Gasteiger partial charge on any atom is -0.467 e. The van der Waals surface area contributed by atoms with E-state index in [1.54, 1.807) is 12.1 Å². The maximum atomic E-state index is 11.9. The highest BCUT2D eigenvalue weighted by Gasteiger charge is 2.22. The number of benzene rings is 1. The maximum Gasteiger partial charge on any atom is 0.330 e. The molecule has 1 heterocycles. The standard InChI is InChI=1S/C13H14N4O4/c1-21-13(20)11(8-18)15-12(19)10-7-14-17(16-10)9-5-3-2-4-6-9/h2-7,11,18H,8H2,1H3,(H,15,19). The summed E-state index contributed by atoms with van der Waals surface area (Å²) < 4.78 is 4.46. The van der Waals surface area contributed by atoms with Crippen LogP contribution in [0.1, 0.15) is 10.5 Å². The topological polar surface area (TPSA) is 106 Å². The van der Waals surface area contributed by atoms with E-state index in [0.717, 1.165) is 0 Å². The fourth-order valence-corrected chi connectivity index (χ4v) is 1.61. The minimum atomic E-state index is -1.13. The van der Waals surface area contributed by atoms with Gasteiger partial charge in [-0.2, -0.15) is 9.90 Å². The lowest BCUT2D eigenvalue weighted by atomic mass is 10.3. The van der Waals surface area contributed by atoms with Crippen LogP contribution in [-0.2, 0) is 9.53 Å². The molecule has 0 spiro atoms. The molecule has 1 unspecified atom stereocenters. The summed E-state index contributed by atoms with van der Waals surface area (Å²) in [4.78, 5) is 24.5. The van der Waals surface area contributed by atoms with E-state index in [1.165, 1.54) is 18.1 Å². The Kier molecular flexibility index (Phi) is 4.62. The Hall–Kier alpha value is -2.74. The lowest BCUT2D eigenvalue weighted by molar-refractivity contribution is -0.143. The number of aromatic nitrogens is 3. The van der Waals surface area contributed by atoms with Crippen LogP contribution in [0.3, 0.4) is 0 Å². The van der Waals surface area contributed by atoms with Crippen molar-refractivity contribution in [1.82, 2.24) is 20.3 Å². The lowest BCUT2D eigenvalue weighted by Crippen LogP contribution is -2.44. The Morgan fingerprint density at radius 2 is 2.10 bits per heavy atom. The first-order valence-electron chi connectivity index (χ1n) is 6.13. The fraction of sp³-hybridized carbons (Fsp3) is 0.231. The van der Waals surface area contributed by atoms with Crippen molar-refractivity contribution in [2.24, 2.45) is 0 Å². The van der Waals surface area contributed by atoms with E-state index >= 15 is 0 Å². The highest BCUT2D eigenvalue weighted by molar-refractivity contribution is 5.94. The van der Waals surface area contributed by atoms with Crippen LogP contribution in [0.5, 0.6) is 0 Å². The zero-order valence-corrected chi connectivity index (χ0v) is 11.3. The number of esters is 1. The fourth-order valence-electron chi connectivity index (χ4n) is 1.61. The average molecular weight is 290 g/mol. The molecule has 21 heavy (non-hydrogen) atoms. The smallest absolute Gasteiger partial charge is 0.330 e. The lowest BCUT2D eigenvalue weighted by Gasteiger charge is -2.12. The Labute approximate surface area is 120 Å². The van der Waals surface area contributed by atoms with Gasteiger partial charge < -0.3 is 15.2 Å². The van der Waals surface area contributed by atoms with E-state index in [2.05, 4.69) is 20.3 Å². The number of methoxy groups -OCH3 is 1. The Morgan fingerprint density at radius 1 is 1.38 bits per heavy atom. The normalized spacial score (nSPS) is 11.7. The number of para-hydroxylation sites is 1. The van der Waals surface area contributed by atoms with Gasteiger partial charge in [0, 0.05) is 0 Å². The van der Waals surface area contributed by atoms with Crippen LogP contribution in [-0.4, -0.2) is 51.7 Å². The minimum absolute atomic E-state index is 0.0289. The first kappa shape index (κ1) is 14.7. The summed E-state index contributed by atoms with van der Waals surface area (Å²) in [5.41, 5.74) is 0.726. The number of amides is 1. The predicted octanol–water partition coefficient (Wildman–Crippen LogP) is -0.469. The number of carbonyl (C=O) groups is 2. The molecule has 2 rings (SSSR count). The van der Waals surface area contributed by atoms with Crippen LogP contribution in [0, 0.1) is 0 Å². The van der Waals surface area contributed by atoms with E-state index in [1.807, 2.05) is 18.2 Å². The highest BCUT2D eigenvalue weighted by Crippen LogP contribution is 2.04. The molecule has 1 aromatic heterocycles. The molecule has 0 radical (unpaired) electrons. The van der Waals surface area contributed by atoms with Gasteiger partial charge in [-0.25, -0.2) is 4.79 Å². The van der Waals surface area contributed by atoms with Crippen LogP contribution < -0.4 is 5.32 Å². The molecular formula is C13H14N4O4. The number of aliphatic hydroxyl groups excluding tert-OH is 1. The van der Waals surface area contributed by atoms with Crippen molar-refractivity contribution in [3.8, 4) is 5.69 Å². The van der Waals surface area contributed by atoms with Crippen molar-refractivity contribution >= 4 is 11.9 Å². The van der Waals surface area contributed by atoms with Crippen molar-refractivity contribution in [2.45, 2.75) is 6.04 Å². The Balaban J connectivity index is 2.11. The molecule has 0 bridgehead atoms. The summed E-state index contributed by atoms with van der Waals surface area (Å²) in [5, 5.41) is 19.4. The third-order valence-corrected chi connectivity index (χ3v) is 2.69. The second kappa shape index (κ2) is 6.62. The first-order valence-corrected chi connectivity index (χ1v) is 6.13. The second-order valence-corrected chi connectivity index (χ2v) is 4.09. The van der Waals surface area contributed by atoms with Gasteiger partial charge in [0.2, 0.25) is 0 Å². The third kappa shape index (κ3) is 3.42. The predicted molar refractivity (Wildman–Crippen MR) is 71.7 cm³/mol. The monoisotopic (exact) mass is 290 g/mol. The second-order valence-electron chi connectivity index (χ2n) is 4.09. The SMILES string of the molecule is COC(=O)C(CO)NC(=O)c1cnn(-c2ccccc2)n1. The van der Waals surface area contributed by atoms with Crippen molar-refractivity contribution in [1.29, 1.82) is 0 Å². The van der Waals surface area contributed by atoms with Gasteiger partial charge >= 0.3 is 5.97 Å². The summed E-state index contributed by atoms with van der Waals surface area (Å²) in [6.45, 7) is -0.564. The number of carbonyl (C=O) groups excluding carboxylic acids is 2. The zero-order valence-electron chi connectivity index (χ0n) is 11.3. The van der Waals surface area contributed by atoms with Gasteiger partial charge in [0.15, 0.2) is 11.7 Å². The zero-order chi connectivity index (χ0) is 15.2. The Bertz CT molecular complexity index is 626. The van der Waals surface area contributed by atoms with Crippen molar-refractivity contribution in [3.05, 3.63) is 42.2 Å². The molecule has 2 aromatic rings. The third-order valence-electron chi connectivity index (χ3n) is 2.69. The number of aliphatic hydroxyl groups is 1. The van der Waals surface area contributed by atoms with E-state index in [0.29, 0.717) is 5.69 Å². The molecule has 2 N–H and O–H groups in total. The van der Waals surface area contributed by atoms with Crippen molar-refractivity contribution in [2.75, 3.05) is 13.7 Å². The summed E-state index contributed by atoms with van der Waals surface area (Å²) >= 11 is 0. The summed E-state index contributed by atoms with van der Waals surface area (Å²) in [6.07, 6.45) is 1.27. The van der Waals surface area contributed by atoms with Crippen LogP contribution in [0.25, 0.3) is 5.69 Å². The molecule has 0 aliphatic heterocycles. The van der Waals surface area contributed by atoms with Gasteiger partial charge in [-0.05, 0) is 12.1 Å². The number of rotatable bonds is 5. The van der Waals surface area contributed by atoms with Gasteiger partial charge in [0.25, 0.3) is 5.91 Å². The average Bonchev–Trinajstić information content (AvgIpc) is 3.02. The van der Waals surface area contributed by atoms with Crippen molar-refractivity contribution < 1.29 is 19.4 Å². The summed E-state index contributed by atoms with van der Waals surface area (Å²) in [5.74, 6) is -1.36. The van der Waals surface area contributed by atoms with Gasteiger partial charge in [-0.1, -0.05) is 18.2 Å². The molecule has 0 aliphatic carbocycles. The van der Waals surface area contributed by atoms with E-state index in [4.69, 9.17) is 5.11 Å². The van der Waals surface area contributed by atoms with E-state index in [-0.39, 0.29) is 5.69 Å². The number of nitrogens with zero attached hydrogens (tertiary/aromatic N) is 3. The summed E-state index contributed by atoms with van der Waals surface area (Å²) in [7, 11) is 1.17. The van der Waals surface area contributed by atoms with Crippen LogP contribution in [0.4, 0.5) is 0 Å². The number of ether oxygens (including phenoxy) is 1. The highest BCUT2D eigenvalue weighted by atomic mass is 16.5. The largest absolute Gasteiger partial charge is 0.467 e. The molecule has 0 aliphatic rings. The molecule has 1 aromatic carbocycles. The number of hydrogen-bond donors (Lipinski definition) is 2. The van der Waals surface area contributed by atoms with Gasteiger partial charge in [0.1, 0.15) is 0 Å². The molecular weight excluding hydrogens is 276 g/mol. The molecule has 0 saturated heterocycles. The molecule has 8 nitrogen and oxygen atoms in total. The van der Waals surface area contributed by atoms with Gasteiger partial charge in [-0.15, -0.1) is 5.10 Å². The van der Waals surface area contributed by atoms with E-state index < -0.39 is 24.5 Å². The van der Waals surface area contributed by atoms with Crippen LogP contribution >= 0.6 is 0 Å². The van der Waals surface area contributed by atoms with Gasteiger partial charge in [0.05, 0.1) is 25.6 Å². The van der Waals surface area contributed by atoms with Crippen molar-refractivity contribution in [3.63, 3.8) is 0 Å². The Morgan fingerprint density at radius 3 is 2.71 bits per heavy atom.